The summed E-state index contributed by atoms with van der Waals surface area (Å²) in [6.45, 7) is 0. The fourth-order valence-corrected chi connectivity index (χ4v) is 1.70. The van der Waals surface area contributed by atoms with E-state index in [1.165, 1.54) is 12.1 Å². The Morgan fingerprint density at radius 3 is 2.58 bits per heavy atom. The number of rotatable bonds is 6. The number of carbonyl (C=O) groups is 2. The zero-order chi connectivity index (χ0) is 14.5. The minimum absolute atomic E-state index is 0.131. The molecular formula is C13H13F3O3. The van der Waals surface area contributed by atoms with Crippen molar-refractivity contribution >= 4 is 12.3 Å². The molecule has 0 spiro atoms. The number of hydrogen-bond donors (Lipinski definition) is 1. The Labute approximate surface area is 108 Å². The molecule has 6 heteroatoms. The number of hydrogen-bond acceptors (Lipinski definition) is 2. The third-order valence-electron chi connectivity index (χ3n) is 2.77. The van der Waals surface area contributed by atoms with E-state index in [0.717, 1.165) is 12.1 Å². The van der Waals surface area contributed by atoms with Crippen LogP contribution < -0.4 is 0 Å². The lowest BCUT2D eigenvalue weighted by Gasteiger charge is -2.11. The minimum atomic E-state index is -4.41. The van der Waals surface area contributed by atoms with Gasteiger partial charge in [-0.3, -0.25) is 4.79 Å². The second-order valence-electron chi connectivity index (χ2n) is 4.17. The molecule has 1 unspecified atom stereocenters. The van der Waals surface area contributed by atoms with Gasteiger partial charge in [-0.25, -0.2) is 0 Å². The molecule has 19 heavy (non-hydrogen) atoms. The highest BCUT2D eigenvalue weighted by atomic mass is 19.4. The van der Waals surface area contributed by atoms with Crippen LogP contribution in [-0.4, -0.2) is 17.4 Å². The fraction of sp³-hybridized carbons (Fsp3) is 0.385. The quantitative estimate of drug-likeness (QED) is 0.811. The number of halogens is 3. The first kappa shape index (κ1) is 15.2. The number of carboxylic acids is 1. The van der Waals surface area contributed by atoms with E-state index in [4.69, 9.17) is 5.11 Å². The first-order valence-corrected chi connectivity index (χ1v) is 5.67. The Balaban J connectivity index is 2.72. The second-order valence-corrected chi connectivity index (χ2v) is 4.17. The summed E-state index contributed by atoms with van der Waals surface area (Å²) >= 11 is 0. The van der Waals surface area contributed by atoms with Gasteiger partial charge in [-0.1, -0.05) is 18.2 Å². The number of aryl methyl sites for hydroxylation is 1. The first-order chi connectivity index (χ1) is 8.84. The molecule has 0 saturated heterocycles. The van der Waals surface area contributed by atoms with Crippen LogP contribution in [0.4, 0.5) is 13.2 Å². The third kappa shape index (κ3) is 4.73. The van der Waals surface area contributed by atoms with Gasteiger partial charge in [0.25, 0.3) is 0 Å². The lowest BCUT2D eigenvalue weighted by Crippen LogP contribution is -2.15. The maximum Gasteiger partial charge on any atom is 0.416 e. The normalized spacial score (nSPS) is 13.0. The van der Waals surface area contributed by atoms with E-state index < -0.39 is 23.6 Å². The Kier molecular flexibility index (Phi) is 5.09. The van der Waals surface area contributed by atoms with Crippen LogP contribution in [0.1, 0.15) is 24.0 Å². The molecule has 0 radical (unpaired) electrons. The Morgan fingerprint density at radius 2 is 2.05 bits per heavy atom. The van der Waals surface area contributed by atoms with Crippen molar-refractivity contribution in [1.29, 1.82) is 0 Å². The van der Waals surface area contributed by atoms with Crippen molar-refractivity contribution in [3.8, 4) is 0 Å². The predicted octanol–water partition coefficient (Wildman–Crippen LogP) is 2.93. The topological polar surface area (TPSA) is 54.4 Å². The van der Waals surface area contributed by atoms with Gasteiger partial charge in [0.1, 0.15) is 6.29 Å². The summed E-state index contributed by atoms with van der Waals surface area (Å²) in [5, 5.41) is 8.83. The van der Waals surface area contributed by atoms with Crippen LogP contribution in [-0.2, 0) is 22.2 Å². The average Bonchev–Trinajstić information content (AvgIpc) is 2.33. The zero-order valence-corrected chi connectivity index (χ0v) is 9.98. The van der Waals surface area contributed by atoms with E-state index in [1.54, 1.807) is 0 Å². The fourth-order valence-electron chi connectivity index (χ4n) is 1.70. The molecule has 1 rings (SSSR count). The van der Waals surface area contributed by atoms with Gasteiger partial charge in [0.05, 0.1) is 11.5 Å². The number of aldehydes is 1. The van der Waals surface area contributed by atoms with E-state index in [-0.39, 0.29) is 19.3 Å². The van der Waals surface area contributed by atoms with E-state index in [9.17, 15) is 22.8 Å². The Morgan fingerprint density at radius 1 is 1.37 bits per heavy atom. The SMILES string of the molecule is O=CCC(CCc1cccc(C(F)(F)F)c1)C(=O)O. The molecule has 1 N–H and O–H groups in total. The largest absolute Gasteiger partial charge is 0.481 e. The van der Waals surface area contributed by atoms with Crippen molar-refractivity contribution in [2.24, 2.45) is 5.92 Å². The van der Waals surface area contributed by atoms with Crippen molar-refractivity contribution in [3.63, 3.8) is 0 Å². The van der Waals surface area contributed by atoms with Crippen LogP contribution in [0.15, 0.2) is 24.3 Å². The monoisotopic (exact) mass is 274 g/mol. The molecule has 0 heterocycles. The maximum absolute atomic E-state index is 12.5. The average molecular weight is 274 g/mol. The highest BCUT2D eigenvalue weighted by molar-refractivity contribution is 5.73. The maximum atomic E-state index is 12.5. The lowest BCUT2D eigenvalue weighted by atomic mass is 9.96. The molecular weight excluding hydrogens is 261 g/mol. The molecule has 0 saturated carbocycles. The van der Waals surface area contributed by atoms with Crippen LogP contribution in [0.5, 0.6) is 0 Å². The van der Waals surface area contributed by atoms with E-state index in [2.05, 4.69) is 0 Å². The third-order valence-corrected chi connectivity index (χ3v) is 2.77. The van der Waals surface area contributed by atoms with Gasteiger partial charge < -0.3 is 9.90 Å². The zero-order valence-electron chi connectivity index (χ0n) is 9.98. The van der Waals surface area contributed by atoms with Gasteiger partial charge in [0.15, 0.2) is 0 Å². The second kappa shape index (κ2) is 6.36. The van der Waals surface area contributed by atoms with Crippen LogP contribution in [0, 0.1) is 5.92 Å². The number of carbonyl (C=O) groups excluding carboxylic acids is 1. The summed E-state index contributed by atoms with van der Waals surface area (Å²) in [6.07, 6.45) is -3.71. The molecule has 0 fully saturated rings. The van der Waals surface area contributed by atoms with Crippen molar-refractivity contribution in [2.75, 3.05) is 0 Å². The Bertz CT molecular complexity index is 455. The lowest BCUT2D eigenvalue weighted by molar-refractivity contribution is -0.143. The number of alkyl halides is 3. The highest BCUT2D eigenvalue weighted by Crippen LogP contribution is 2.30. The molecule has 0 aliphatic rings. The van der Waals surface area contributed by atoms with Crippen molar-refractivity contribution in [1.82, 2.24) is 0 Å². The van der Waals surface area contributed by atoms with E-state index in [0.29, 0.717) is 11.8 Å². The number of benzene rings is 1. The van der Waals surface area contributed by atoms with E-state index in [1.807, 2.05) is 0 Å². The smallest absolute Gasteiger partial charge is 0.416 e. The summed E-state index contributed by atoms with van der Waals surface area (Å²) in [5.41, 5.74) is -0.348. The van der Waals surface area contributed by atoms with Crippen LogP contribution >= 0.6 is 0 Å². The summed E-state index contributed by atoms with van der Waals surface area (Å²) in [5.74, 6) is -1.97. The molecule has 1 aromatic rings. The Hall–Kier alpha value is -1.85. The summed E-state index contributed by atoms with van der Waals surface area (Å²) < 4.78 is 37.4. The number of aliphatic carboxylic acids is 1. The van der Waals surface area contributed by atoms with E-state index >= 15 is 0 Å². The van der Waals surface area contributed by atoms with Gasteiger partial charge in [0.2, 0.25) is 0 Å². The molecule has 0 aromatic heterocycles. The highest BCUT2D eigenvalue weighted by Gasteiger charge is 2.30. The summed E-state index contributed by atoms with van der Waals surface area (Å²) in [6, 6.07) is 4.76. The van der Waals surface area contributed by atoms with Crippen molar-refractivity contribution in [3.05, 3.63) is 35.4 Å². The molecule has 104 valence electrons. The minimum Gasteiger partial charge on any atom is -0.481 e. The molecule has 1 aromatic carbocycles. The van der Waals surface area contributed by atoms with Crippen molar-refractivity contribution in [2.45, 2.75) is 25.4 Å². The van der Waals surface area contributed by atoms with Crippen LogP contribution in [0.2, 0.25) is 0 Å². The van der Waals surface area contributed by atoms with Gasteiger partial charge >= 0.3 is 12.1 Å². The van der Waals surface area contributed by atoms with Gasteiger partial charge in [-0.05, 0) is 24.5 Å². The van der Waals surface area contributed by atoms with Gasteiger partial charge in [-0.15, -0.1) is 0 Å². The predicted molar refractivity (Wildman–Crippen MR) is 61.6 cm³/mol. The molecule has 1 atom stereocenters. The molecule has 0 bridgehead atoms. The standard InChI is InChI=1S/C13H13F3O3/c14-13(15,16)11-3-1-2-9(8-11)4-5-10(6-7-17)12(18)19/h1-3,7-8,10H,4-6H2,(H,18,19). The molecule has 0 amide bonds. The number of carboxylic acid groups (broad SMARTS) is 1. The van der Waals surface area contributed by atoms with Crippen LogP contribution in [0.25, 0.3) is 0 Å². The first-order valence-electron chi connectivity index (χ1n) is 5.67. The van der Waals surface area contributed by atoms with Gasteiger partial charge in [-0.2, -0.15) is 13.2 Å². The molecule has 0 aliphatic carbocycles. The van der Waals surface area contributed by atoms with Crippen molar-refractivity contribution < 1.29 is 27.9 Å². The molecule has 3 nitrogen and oxygen atoms in total. The summed E-state index contributed by atoms with van der Waals surface area (Å²) in [7, 11) is 0. The summed E-state index contributed by atoms with van der Waals surface area (Å²) in [4.78, 5) is 21.1. The van der Waals surface area contributed by atoms with Gasteiger partial charge in [0, 0.05) is 6.42 Å². The van der Waals surface area contributed by atoms with Crippen LogP contribution in [0.3, 0.4) is 0 Å². The molecule has 0 aliphatic heterocycles.